The zero-order chi connectivity index (χ0) is 20.5. The van der Waals surface area contributed by atoms with Crippen molar-refractivity contribution in [3.8, 4) is 11.6 Å². The van der Waals surface area contributed by atoms with E-state index < -0.39 is 0 Å². The number of benzene rings is 1. The van der Waals surface area contributed by atoms with Crippen LogP contribution in [0.1, 0.15) is 28.9 Å². The van der Waals surface area contributed by atoms with E-state index in [4.69, 9.17) is 10.2 Å². The van der Waals surface area contributed by atoms with Crippen LogP contribution < -0.4 is 5.73 Å². The van der Waals surface area contributed by atoms with Crippen LogP contribution in [0.15, 0.2) is 59.2 Å². The Balaban J connectivity index is 1.30. The van der Waals surface area contributed by atoms with Gasteiger partial charge in [0.15, 0.2) is 11.4 Å². The van der Waals surface area contributed by atoms with Gasteiger partial charge in [0.1, 0.15) is 5.69 Å². The molecule has 1 aliphatic rings. The topological polar surface area (TPSA) is 103 Å². The van der Waals surface area contributed by atoms with E-state index in [0.717, 1.165) is 19.3 Å². The lowest BCUT2D eigenvalue weighted by Gasteiger charge is -2.32. The van der Waals surface area contributed by atoms with Crippen LogP contribution in [-0.4, -0.2) is 43.5 Å². The fourth-order valence-electron chi connectivity index (χ4n) is 3.98. The van der Waals surface area contributed by atoms with Crippen molar-refractivity contribution in [2.75, 3.05) is 18.8 Å². The predicted molar refractivity (Wildman–Crippen MR) is 112 cm³/mol. The molecule has 0 aliphatic carbocycles. The Morgan fingerprint density at radius 3 is 2.63 bits per heavy atom. The molecule has 1 aromatic carbocycles. The van der Waals surface area contributed by atoms with Gasteiger partial charge in [0.2, 0.25) is 11.8 Å². The quantitative estimate of drug-likeness (QED) is 0.563. The van der Waals surface area contributed by atoms with Crippen LogP contribution in [0.5, 0.6) is 0 Å². The summed E-state index contributed by atoms with van der Waals surface area (Å²) in [5.74, 6) is 1.53. The number of nitrogens with two attached hydrogens (primary N) is 1. The van der Waals surface area contributed by atoms with Crippen molar-refractivity contribution < 1.29 is 9.21 Å². The molecule has 8 nitrogen and oxygen atoms in total. The van der Waals surface area contributed by atoms with E-state index in [9.17, 15) is 4.79 Å². The molecule has 0 atom stereocenters. The van der Waals surface area contributed by atoms with E-state index in [1.54, 1.807) is 24.5 Å². The number of hydrogen-bond donors (Lipinski definition) is 1. The Morgan fingerprint density at radius 1 is 1.10 bits per heavy atom. The molecular weight excluding hydrogens is 380 g/mol. The number of fused-ring (bicyclic) bond motifs is 1. The third kappa shape index (κ3) is 3.52. The number of nitrogen functional groups attached to an aromatic ring is 1. The third-order valence-electron chi connectivity index (χ3n) is 5.58. The summed E-state index contributed by atoms with van der Waals surface area (Å²) in [6, 6.07) is 15.7. The average Bonchev–Trinajstić information content (AvgIpc) is 3.44. The minimum absolute atomic E-state index is 0.120. The maximum atomic E-state index is 13.0. The van der Waals surface area contributed by atoms with Crippen LogP contribution in [0.2, 0.25) is 0 Å². The van der Waals surface area contributed by atoms with Crippen molar-refractivity contribution in [1.29, 1.82) is 0 Å². The number of carbonyl (C=O) groups excluding carboxylic acids is 1. The van der Waals surface area contributed by atoms with Gasteiger partial charge in [0.25, 0.3) is 5.91 Å². The highest BCUT2D eigenvalue weighted by Crippen LogP contribution is 2.23. The molecule has 4 aromatic rings. The van der Waals surface area contributed by atoms with Gasteiger partial charge in [-0.15, -0.1) is 5.10 Å². The number of furan rings is 1. The molecule has 2 N–H and O–H groups in total. The van der Waals surface area contributed by atoms with Gasteiger partial charge in [-0.1, -0.05) is 30.3 Å². The molecule has 4 heterocycles. The van der Waals surface area contributed by atoms with Crippen LogP contribution in [0.3, 0.4) is 0 Å². The SMILES string of the molecule is Nc1nc(C(=O)N2CCC(Cc3ccccc3)CC2)cc2nc(-c3ccco3)nn12. The first-order valence-electron chi connectivity index (χ1n) is 10.1. The van der Waals surface area contributed by atoms with E-state index in [0.29, 0.717) is 41.9 Å². The summed E-state index contributed by atoms with van der Waals surface area (Å²) in [5, 5.41) is 4.32. The van der Waals surface area contributed by atoms with Gasteiger partial charge in [-0.3, -0.25) is 4.79 Å². The van der Waals surface area contributed by atoms with Crippen LogP contribution in [0.4, 0.5) is 5.95 Å². The summed E-state index contributed by atoms with van der Waals surface area (Å²) in [5.41, 5.74) is 8.16. The van der Waals surface area contributed by atoms with Gasteiger partial charge in [-0.25, -0.2) is 9.97 Å². The first kappa shape index (κ1) is 18.4. The molecule has 3 aromatic heterocycles. The Hall–Kier alpha value is -3.68. The number of anilines is 1. The van der Waals surface area contributed by atoms with Crippen molar-refractivity contribution in [2.24, 2.45) is 5.92 Å². The molecule has 0 bridgehead atoms. The summed E-state index contributed by atoms with van der Waals surface area (Å²) in [6.45, 7) is 1.43. The second kappa shape index (κ2) is 7.62. The van der Waals surface area contributed by atoms with Crippen molar-refractivity contribution in [2.45, 2.75) is 19.3 Å². The molecular formula is C22H22N6O2. The standard InChI is InChI=1S/C22H22N6O2/c23-22-24-17(14-19-25-20(26-28(19)22)18-7-4-12-30-18)21(29)27-10-8-16(9-11-27)13-15-5-2-1-3-6-15/h1-7,12,14,16H,8-11,13H2,(H2,23,24). The molecule has 152 valence electrons. The normalized spacial score (nSPS) is 15.0. The Bertz CT molecular complexity index is 1160. The van der Waals surface area contributed by atoms with Crippen LogP contribution >= 0.6 is 0 Å². The minimum atomic E-state index is -0.120. The highest BCUT2D eigenvalue weighted by molar-refractivity contribution is 5.93. The molecule has 0 unspecified atom stereocenters. The lowest BCUT2D eigenvalue weighted by atomic mass is 9.90. The maximum Gasteiger partial charge on any atom is 0.272 e. The number of aromatic nitrogens is 4. The smallest absolute Gasteiger partial charge is 0.272 e. The molecule has 1 saturated heterocycles. The summed E-state index contributed by atoms with van der Waals surface area (Å²) in [7, 11) is 0. The monoisotopic (exact) mass is 402 g/mol. The van der Waals surface area contributed by atoms with E-state index in [-0.39, 0.29) is 11.9 Å². The average molecular weight is 402 g/mol. The number of nitrogens with zero attached hydrogens (tertiary/aromatic N) is 5. The van der Waals surface area contributed by atoms with E-state index in [1.165, 1.54) is 10.1 Å². The lowest BCUT2D eigenvalue weighted by molar-refractivity contribution is 0.0684. The van der Waals surface area contributed by atoms with Crippen molar-refractivity contribution in [1.82, 2.24) is 24.5 Å². The molecule has 30 heavy (non-hydrogen) atoms. The highest BCUT2D eigenvalue weighted by atomic mass is 16.3. The van der Waals surface area contributed by atoms with Crippen molar-refractivity contribution in [3.05, 3.63) is 66.1 Å². The van der Waals surface area contributed by atoms with Crippen LogP contribution in [0.25, 0.3) is 17.2 Å². The summed E-state index contributed by atoms with van der Waals surface area (Å²) >= 11 is 0. The number of carbonyl (C=O) groups is 1. The maximum absolute atomic E-state index is 13.0. The predicted octanol–water partition coefficient (Wildman–Crippen LogP) is 3.06. The number of piperidine rings is 1. The molecule has 1 amide bonds. The van der Waals surface area contributed by atoms with Crippen molar-refractivity contribution >= 4 is 17.5 Å². The van der Waals surface area contributed by atoms with E-state index in [1.807, 2.05) is 11.0 Å². The second-order valence-electron chi connectivity index (χ2n) is 7.61. The molecule has 1 fully saturated rings. The van der Waals surface area contributed by atoms with Gasteiger partial charge in [0, 0.05) is 19.2 Å². The number of hydrogen-bond acceptors (Lipinski definition) is 6. The van der Waals surface area contributed by atoms with Gasteiger partial charge >= 0.3 is 0 Å². The van der Waals surface area contributed by atoms with Crippen LogP contribution in [-0.2, 0) is 6.42 Å². The third-order valence-corrected chi connectivity index (χ3v) is 5.58. The van der Waals surface area contributed by atoms with Crippen LogP contribution in [0, 0.1) is 5.92 Å². The van der Waals surface area contributed by atoms with E-state index in [2.05, 4.69) is 39.3 Å². The fraction of sp³-hybridized carbons (Fsp3) is 0.273. The number of amides is 1. The molecule has 0 saturated carbocycles. The van der Waals surface area contributed by atoms with Gasteiger partial charge in [-0.2, -0.15) is 4.52 Å². The minimum Gasteiger partial charge on any atom is -0.461 e. The Morgan fingerprint density at radius 2 is 1.90 bits per heavy atom. The zero-order valence-electron chi connectivity index (χ0n) is 16.4. The number of likely N-dealkylation sites (tertiary alicyclic amines) is 1. The molecule has 8 heteroatoms. The van der Waals surface area contributed by atoms with E-state index >= 15 is 0 Å². The number of rotatable bonds is 4. The summed E-state index contributed by atoms with van der Waals surface area (Å²) in [4.78, 5) is 23.6. The zero-order valence-corrected chi connectivity index (χ0v) is 16.4. The molecule has 5 rings (SSSR count). The van der Waals surface area contributed by atoms with Crippen molar-refractivity contribution in [3.63, 3.8) is 0 Å². The molecule has 0 spiro atoms. The van der Waals surface area contributed by atoms with Gasteiger partial charge < -0.3 is 15.1 Å². The lowest BCUT2D eigenvalue weighted by Crippen LogP contribution is -2.39. The Labute approximate surface area is 173 Å². The highest BCUT2D eigenvalue weighted by Gasteiger charge is 2.25. The molecule has 1 aliphatic heterocycles. The molecule has 0 radical (unpaired) electrons. The second-order valence-corrected chi connectivity index (χ2v) is 7.61. The first-order valence-corrected chi connectivity index (χ1v) is 10.1. The first-order chi connectivity index (χ1) is 14.7. The van der Waals surface area contributed by atoms with Gasteiger partial charge in [0.05, 0.1) is 6.26 Å². The summed E-state index contributed by atoms with van der Waals surface area (Å²) in [6.07, 6.45) is 4.56. The Kier molecular flexibility index (Phi) is 4.66. The largest absolute Gasteiger partial charge is 0.461 e. The summed E-state index contributed by atoms with van der Waals surface area (Å²) < 4.78 is 6.76. The van der Waals surface area contributed by atoms with Gasteiger partial charge in [-0.05, 0) is 42.9 Å². The fourth-order valence-corrected chi connectivity index (χ4v) is 3.98.